The Labute approximate surface area is 182 Å². The van der Waals surface area contributed by atoms with Gasteiger partial charge in [0.1, 0.15) is 5.75 Å². The van der Waals surface area contributed by atoms with E-state index in [-0.39, 0.29) is 11.8 Å². The van der Waals surface area contributed by atoms with Crippen molar-refractivity contribution in [3.8, 4) is 17.1 Å². The topological polar surface area (TPSA) is 80.5 Å². The smallest absolute Gasteiger partial charge is 0.324 e. The molecule has 0 saturated carbocycles. The van der Waals surface area contributed by atoms with Gasteiger partial charge < -0.3 is 19.5 Å². The minimum atomic E-state index is -0.130. The van der Waals surface area contributed by atoms with Crippen LogP contribution in [-0.4, -0.2) is 36.2 Å². The van der Waals surface area contributed by atoms with Crippen molar-refractivity contribution in [3.05, 3.63) is 54.1 Å². The average molecular weight is 421 g/mol. The normalized spacial score (nSPS) is 16.4. The van der Waals surface area contributed by atoms with Crippen molar-refractivity contribution in [1.82, 2.24) is 10.1 Å². The zero-order valence-corrected chi connectivity index (χ0v) is 18.2. The van der Waals surface area contributed by atoms with Gasteiger partial charge in [0, 0.05) is 24.3 Å². The molecular weight excluding hydrogens is 392 g/mol. The van der Waals surface area contributed by atoms with Crippen molar-refractivity contribution in [1.29, 1.82) is 0 Å². The summed E-state index contributed by atoms with van der Waals surface area (Å²) in [5.74, 6) is 1.66. The second-order valence-electron chi connectivity index (χ2n) is 8.18. The average Bonchev–Trinajstić information content (AvgIpc) is 3.30. The first-order valence-electron chi connectivity index (χ1n) is 10.7. The summed E-state index contributed by atoms with van der Waals surface area (Å²) < 4.78 is 10.7. The summed E-state index contributed by atoms with van der Waals surface area (Å²) >= 11 is 0. The number of piperidine rings is 1. The molecule has 1 atom stereocenters. The monoisotopic (exact) mass is 420 g/mol. The van der Waals surface area contributed by atoms with Gasteiger partial charge in [-0.05, 0) is 60.7 Å². The summed E-state index contributed by atoms with van der Waals surface area (Å²) in [4.78, 5) is 19.4. The number of anilines is 2. The van der Waals surface area contributed by atoms with Gasteiger partial charge in [-0.2, -0.15) is 4.98 Å². The number of carbonyl (C=O) groups excluding carboxylic acids is 1. The number of aromatic nitrogens is 2. The number of ether oxygens (including phenoxy) is 1. The highest BCUT2D eigenvalue weighted by Crippen LogP contribution is 2.26. The molecule has 7 heteroatoms. The summed E-state index contributed by atoms with van der Waals surface area (Å²) in [6.07, 6.45) is 1.73. The van der Waals surface area contributed by atoms with Gasteiger partial charge in [-0.3, -0.25) is 4.79 Å². The van der Waals surface area contributed by atoms with Crippen LogP contribution in [0.25, 0.3) is 11.4 Å². The fourth-order valence-corrected chi connectivity index (χ4v) is 3.76. The number of rotatable bonds is 6. The van der Waals surface area contributed by atoms with Crippen molar-refractivity contribution in [2.24, 2.45) is 5.92 Å². The minimum Gasteiger partial charge on any atom is -0.497 e. The van der Waals surface area contributed by atoms with E-state index in [0.29, 0.717) is 24.3 Å². The van der Waals surface area contributed by atoms with Crippen LogP contribution in [0.3, 0.4) is 0 Å². The second-order valence-corrected chi connectivity index (χ2v) is 8.18. The van der Waals surface area contributed by atoms with E-state index in [0.717, 1.165) is 36.4 Å². The maximum Gasteiger partial charge on any atom is 0.324 e. The van der Waals surface area contributed by atoms with Gasteiger partial charge in [0.15, 0.2) is 0 Å². The van der Waals surface area contributed by atoms with E-state index in [4.69, 9.17) is 9.26 Å². The van der Waals surface area contributed by atoms with Crippen LogP contribution >= 0.6 is 0 Å². The van der Waals surface area contributed by atoms with Crippen molar-refractivity contribution < 1.29 is 14.1 Å². The van der Waals surface area contributed by atoms with Gasteiger partial charge in [-0.15, -0.1) is 0 Å². The van der Waals surface area contributed by atoms with Crippen LogP contribution in [0.2, 0.25) is 0 Å². The molecule has 1 aliphatic rings. The Morgan fingerprint density at radius 2 is 1.90 bits per heavy atom. The lowest BCUT2D eigenvalue weighted by atomic mass is 9.97. The van der Waals surface area contributed by atoms with Gasteiger partial charge in [0.05, 0.1) is 13.0 Å². The highest BCUT2D eigenvalue weighted by atomic mass is 16.5. The molecule has 4 rings (SSSR count). The molecule has 1 fully saturated rings. The van der Waals surface area contributed by atoms with Crippen molar-refractivity contribution in [2.45, 2.75) is 32.6 Å². The molecule has 1 N–H and O–H groups in total. The third-order valence-corrected chi connectivity index (χ3v) is 5.67. The molecule has 2 heterocycles. The van der Waals surface area contributed by atoms with E-state index in [9.17, 15) is 4.79 Å². The summed E-state index contributed by atoms with van der Waals surface area (Å²) in [5, 5.41) is 7.16. The van der Waals surface area contributed by atoms with Gasteiger partial charge >= 0.3 is 6.01 Å². The Balaban J connectivity index is 1.40. The molecule has 2 aromatic carbocycles. The van der Waals surface area contributed by atoms with E-state index >= 15 is 0 Å². The van der Waals surface area contributed by atoms with Crippen LogP contribution in [0.15, 0.2) is 53.1 Å². The van der Waals surface area contributed by atoms with Crippen molar-refractivity contribution in [3.63, 3.8) is 0 Å². The quantitative estimate of drug-likeness (QED) is 0.621. The van der Waals surface area contributed by atoms with Crippen molar-refractivity contribution in [2.75, 3.05) is 30.4 Å². The minimum absolute atomic E-state index is 0.0249. The highest BCUT2D eigenvalue weighted by molar-refractivity contribution is 5.93. The van der Waals surface area contributed by atoms with E-state index in [2.05, 4.69) is 41.4 Å². The molecule has 31 heavy (non-hydrogen) atoms. The van der Waals surface area contributed by atoms with E-state index < -0.39 is 0 Å². The number of benzene rings is 2. The summed E-state index contributed by atoms with van der Waals surface area (Å²) in [5.41, 5.74) is 2.93. The number of hydrogen-bond donors (Lipinski definition) is 1. The number of nitrogens with zero attached hydrogens (tertiary/aromatic N) is 3. The Hall–Kier alpha value is -3.35. The Bertz CT molecular complexity index is 1010. The maximum atomic E-state index is 12.8. The molecule has 0 radical (unpaired) electrons. The lowest BCUT2D eigenvalue weighted by molar-refractivity contribution is -0.120. The highest BCUT2D eigenvalue weighted by Gasteiger charge is 2.28. The lowest BCUT2D eigenvalue weighted by Gasteiger charge is -2.30. The van der Waals surface area contributed by atoms with Crippen LogP contribution in [0.1, 0.15) is 38.2 Å². The number of amides is 1. The summed E-state index contributed by atoms with van der Waals surface area (Å²) in [6, 6.07) is 16.0. The first-order valence-corrected chi connectivity index (χ1v) is 10.7. The third-order valence-electron chi connectivity index (χ3n) is 5.67. The number of carbonyl (C=O) groups is 1. The second kappa shape index (κ2) is 9.20. The molecule has 7 nitrogen and oxygen atoms in total. The summed E-state index contributed by atoms with van der Waals surface area (Å²) in [6.45, 7) is 5.65. The molecule has 0 bridgehead atoms. The van der Waals surface area contributed by atoms with E-state index in [1.807, 2.05) is 41.3 Å². The summed E-state index contributed by atoms with van der Waals surface area (Å²) in [7, 11) is 1.63. The van der Waals surface area contributed by atoms with Crippen LogP contribution < -0.4 is 15.0 Å². The molecule has 3 aromatic rings. The van der Waals surface area contributed by atoms with Gasteiger partial charge in [0.2, 0.25) is 11.7 Å². The zero-order chi connectivity index (χ0) is 21.8. The van der Waals surface area contributed by atoms with Gasteiger partial charge in [-0.25, -0.2) is 0 Å². The first-order chi connectivity index (χ1) is 15.0. The molecule has 1 aliphatic heterocycles. The van der Waals surface area contributed by atoms with Crippen LogP contribution in [0.4, 0.5) is 11.7 Å². The molecule has 1 saturated heterocycles. The lowest BCUT2D eigenvalue weighted by Crippen LogP contribution is -2.41. The Morgan fingerprint density at radius 1 is 1.16 bits per heavy atom. The zero-order valence-electron chi connectivity index (χ0n) is 18.2. The van der Waals surface area contributed by atoms with Crippen molar-refractivity contribution >= 4 is 17.6 Å². The van der Waals surface area contributed by atoms with Gasteiger partial charge in [-0.1, -0.05) is 31.1 Å². The first kappa shape index (κ1) is 20.9. The maximum absolute atomic E-state index is 12.8. The van der Waals surface area contributed by atoms with Crippen LogP contribution in [0.5, 0.6) is 5.75 Å². The molecular formula is C24H28N4O3. The van der Waals surface area contributed by atoms with E-state index in [1.165, 1.54) is 5.56 Å². The third kappa shape index (κ3) is 4.87. The number of hydrogen-bond acceptors (Lipinski definition) is 6. The number of methoxy groups -OCH3 is 1. The van der Waals surface area contributed by atoms with Crippen LogP contribution in [-0.2, 0) is 4.79 Å². The van der Waals surface area contributed by atoms with Gasteiger partial charge in [0.25, 0.3) is 0 Å². The van der Waals surface area contributed by atoms with Crippen LogP contribution in [0, 0.1) is 5.92 Å². The molecule has 0 aliphatic carbocycles. The number of nitrogens with one attached hydrogen (secondary N) is 1. The predicted octanol–water partition coefficient (Wildman–Crippen LogP) is 4.72. The molecule has 0 spiro atoms. The predicted molar refractivity (Wildman–Crippen MR) is 120 cm³/mol. The molecule has 1 amide bonds. The fraction of sp³-hybridized carbons (Fsp3) is 0.375. The molecule has 162 valence electrons. The fourth-order valence-electron chi connectivity index (χ4n) is 3.76. The van der Waals surface area contributed by atoms with E-state index in [1.54, 1.807) is 7.11 Å². The standard InChI is InChI=1S/C24H28N4O3/c1-16(2)17-6-10-20(11-7-17)25-23(29)19-5-4-14-28(15-19)24-26-22(27-31-24)18-8-12-21(30-3)13-9-18/h6-13,16,19H,4-5,14-15H2,1-3H3,(H,25,29). The SMILES string of the molecule is COc1ccc(-c2noc(N3CCCC(C(=O)Nc4ccc(C(C)C)cc4)C3)n2)cc1. The molecule has 1 unspecified atom stereocenters. The Morgan fingerprint density at radius 3 is 2.58 bits per heavy atom. The largest absolute Gasteiger partial charge is 0.497 e. The Kier molecular flexibility index (Phi) is 6.21. The molecule has 1 aromatic heterocycles.